The first-order chi connectivity index (χ1) is 10.6. The minimum Gasteiger partial charge on any atom is -0.497 e. The number of hydrogen-bond acceptors (Lipinski definition) is 2. The molecule has 0 saturated heterocycles. The molecule has 0 fully saturated rings. The van der Waals surface area contributed by atoms with Crippen LogP contribution in [0.25, 0.3) is 0 Å². The van der Waals surface area contributed by atoms with Crippen LogP contribution in [0.4, 0.5) is 0 Å². The molecule has 1 unspecified atom stereocenters. The summed E-state index contributed by atoms with van der Waals surface area (Å²) in [5.41, 5.74) is 2.16. The summed E-state index contributed by atoms with van der Waals surface area (Å²) in [6, 6.07) is 15.3. The first-order valence-electron chi connectivity index (χ1n) is 7.26. The molecule has 0 aromatic heterocycles. The van der Waals surface area contributed by atoms with Gasteiger partial charge in [-0.3, -0.25) is 4.79 Å². The third-order valence-electron chi connectivity index (χ3n) is 3.55. The third-order valence-corrected chi connectivity index (χ3v) is 3.80. The summed E-state index contributed by atoms with van der Waals surface area (Å²) in [5, 5.41) is 3.70. The first kappa shape index (κ1) is 16.4. The highest BCUT2D eigenvalue weighted by atomic mass is 35.5. The SMILES string of the molecule is COc1ccc(CCC(=O)NC(C)c2ccc(Cl)cc2)cc1. The summed E-state index contributed by atoms with van der Waals surface area (Å²) in [5.74, 6) is 0.864. The van der Waals surface area contributed by atoms with Gasteiger partial charge in [0.15, 0.2) is 0 Å². The summed E-state index contributed by atoms with van der Waals surface area (Å²) in [4.78, 5) is 12.0. The Balaban J connectivity index is 1.83. The second kappa shape index (κ2) is 7.85. The maximum absolute atomic E-state index is 12.0. The molecule has 4 heteroatoms. The zero-order chi connectivity index (χ0) is 15.9. The zero-order valence-electron chi connectivity index (χ0n) is 12.8. The molecule has 1 N–H and O–H groups in total. The van der Waals surface area contributed by atoms with Gasteiger partial charge in [-0.15, -0.1) is 0 Å². The lowest BCUT2D eigenvalue weighted by Gasteiger charge is -2.14. The molecule has 2 aromatic rings. The fourth-order valence-electron chi connectivity index (χ4n) is 2.20. The van der Waals surface area contributed by atoms with E-state index in [1.165, 1.54) is 0 Å². The number of ether oxygens (including phenoxy) is 1. The van der Waals surface area contributed by atoms with Crippen molar-refractivity contribution in [2.45, 2.75) is 25.8 Å². The van der Waals surface area contributed by atoms with Crippen molar-refractivity contribution >= 4 is 17.5 Å². The summed E-state index contributed by atoms with van der Waals surface area (Å²) < 4.78 is 5.12. The zero-order valence-corrected chi connectivity index (χ0v) is 13.6. The molecule has 1 amide bonds. The average molecular weight is 318 g/mol. The molecule has 22 heavy (non-hydrogen) atoms. The third kappa shape index (κ3) is 4.78. The predicted octanol–water partition coefficient (Wildman–Crippen LogP) is 4.16. The largest absolute Gasteiger partial charge is 0.497 e. The number of carbonyl (C=O) groups excluding carboxylic acids is 1. The van der Waals surface area contributed by atoms with Crippen LogP contribution >= 0.6 is 11.6 Å². The molecule has 0 aliphatic carbocycles. The highest BCUT2D eigenvalue weighted by Gasteiger charge is 2.09. The monoisotopic (exact) mass is 317 g/mol. The Hall–Kier alpha value is -2.00. The van der Waals surface area contributed by atoms with Crippen molar-refractivity contribution in [2.75, 3.05) is 7.11 Å². The van der Waals surface area contributed by atoms with E-state index in [0.717, 1.165) is 16.9 Å². The number of nitrogens with one attached hydrogen (secondary N) is 1. The van der Waals surface area contributed by atoms with Crippen LogP contribution in [-0.4, -0.2) is 13.0 Å². The summed E-state index contributed by atoms with van der Waals surface area (Å²) in [7, 11) is 1.64. The maximum atomic E-state index is 12.0. The Morgan fingerprint density at radius 3 is 2.36 bits per heavy atom. The van der Waals surface area contributed by atoms with Gasteiger partial charge >= 0.3 is 0 Å². The molecule has 0 aliphatic rings. The highest BCUT2D eigenvalue weighted by molar-refractivity contribution is 6.30. The summed E-state index contributed by atoms with van der Waals surface area (Å²) in [6.45, 7) is 1.97. The number of amides is 1. The van der Waals surface area contributed by atoms with Crippen molar-refractivity contribution in [1.82, 2.24) is 5.32 Å². The Kier molecular flexibility index (Phi) is 5.84. The molecule has 0 saturated carbocycles. The molecule has 0 aliphatic heterocycles. The predicted molar refractivity (Wildman–Crippen MR) is 89.3 cm³/mol. The second-order valence-corrected chi connectivity index (χ2v) is 5.63. The van der Waals surface area contributed by atoms with Crippen LogP contribution in [0.3, 0.4) is 0 Å². The second-order valence-electron chi connectivity index (χ2n) is 5.19. The van der Waals surface area contributed by atoms with Gasteiger partial charge < -0.3 is 10.1 Å². The average Bonchev–Trinajstić information content (AvgIpc) is 2.54. The number of hydrogen-bond donors (Lipinski definition) is 1. The van der Waals surface area contributed by atoms with Crippen molar-refractivity contribution in [3.63, 3.8) is 0 Å². The lowest BCUT2D eigenvalue weighted by atomic mass is 10.1. The van der Waals surface area contributed by atoms with Crippen molar-refractivity contribution in [3.8, 4) is 5.75 Å². The van der Waals surface area contributed by atoms with Crippen LogP contribution in [0.5, 0.6) is 5.75 Å². The molecule has 0 spiro atoms. The number of methoxy groups -OCH3 is 1. The maximum Gasteiger partial charge on any atom is 0.220 e. The van der Waals surface area contributed by atoms with Gasteiger partial charge in [0.25, 0.3) is 0 Å². The quantitative estimate of drug-likeness (QED) is 0.868. The van der Waals surface area contributed by atoms with E-state index < -0.39 is 0 Å². The van der Waals surface area contributed by atoms with Gasteiger partial charge in [-0.2, -0.15) is 0 Å². The summed E-state index contributed by atoms with van der Waals surface area (Å²) >= 11 is 5.86. The van der Waals surface area contributed by atoms with E-state index in [1.807, 2.05) is 55.5 Å². The van der Waals surface area contributed by atoms with Crippen LogP contribution in [0.1, 0.15) is 30.5 Å². The number of aryl methyl sites for hydroxylation is 1. The Labute approximate surface area is 136 Å². The standard InChI is InChI=1S/C18H20ClNO2/c1-13(15-6-8-16(19)9-7-15)20-18(21)12-5-14-3-10-17(22-2)11-4-14/h3-4,6-11,13H,5,12H2,1-2H3,(H,20,21). The molecule has 0 radical (unpaired) electrons. The van der Waals surface area contributed by atoms with Gasteiger partial charge in [-0.05, 0) is 48.7 Å². The Morgan fingerprint density at radius 1 is 1.14 bits per heavy atom. The van der Waals surface area contributed by atoms with Crippen LogP contribution in [0, 0.1) is 0 Å². The number of carbonyl (C=O) groups is 1. The highest BCUT2D eigenvalue weighted by Crippen LogP contribution is 2.16. The first-order valence-corrected chi connectivity index (χ1v) is 7.64. The van der Waals surface area contributed by atoms with E-state index in [0.29, 0.717) is 17.9 Å². The van der Waals surface area contributed by atoms with Gasteiger partial charge in [-0.1, -0.05) is 35.9 Å². The molecule has 2 rings (SSSR count). The van der Waals surface area contributed by atoms with Crippen molar-refractivity contribution in [2.24, 2.45) is 0 Å². The van der Waals surface area contributed by atoms with E-state index in [2.05, 4.69) is 5.32 Å². The van der Waals surface area contributed by atoms with E-state index in [4.69, 9.17) is 16.3 Å². The van der Waals surface area contributed by atoms with Gasteiger partial charge in [0, 0.05) is 11.4 Å². The fourth-order valence-corrected chi connectivity index (χ4v) is 2.32. The van der Waals surface area contributed by atoms with Crippen LogP contribution < -0.4 is 10.1 Å². The lowest BCUT2D eigenvalue weighted by Crippen LogP contribution is -2.26. The minimum absolute atomic E-state index is 0.0272. The van der Waals surface area contributed by atoms with Crippen molar-refractivity contribution in [1.29, 1.82) is 0 Å². The normalized spacial score (nSPS) is 11.8. The fraction of sp³-hybridized carbons (Fsp3) is 0.278. The van der Waals surface area contributed by atoms with E-state index >= 15 is 0 Å². The van der Waals surface area contributed by atoms with Gasteiger partial charge in [0.1, 0.15) is 5.75 Å². The van der Waals surface area contributed by atoms with Gasteiger partial charge in [-0.25, -0.2) is 0 Å². The van der Waals surface area contributed by atoms with E-state index in [1.54, 1.807) is 7.11 Å². The molecule has 0 bridgehead atoms. The van der Waals surface area contributed by atoms with Crippen LogP contribution in [-0.2, 0) is 11.2 Å². The summed E-state index contributed by atoms with van der Waals surface area (Å²) in [6.07, 6.45) is 1.17. The minimum atomic E-state index is -0.0272. The molecule has 3 nitrogen and oxygen atoms in total. The number of halogens is 1. The van der Waals surface area contributed by atoms with Crippen LogP contribution in [0.15, 0.2) is 48.5 Å². The Morgan fingerprint density at radius 2 is 1.77 bits per heavy atom. The lowest BCUT2D eigenvalue weighted by molar-refractivity contribution is -0.121. The Bertz CT molecular complexity index is 608. The topological polar surface area (TPSA) is 38.3 Å². The molecule has 2 aromatic carbocycles. The number of rotatable bonds is 6. The molecule has 1 atom stereocenters. The van der Waals surface area contributed by atoms with Crippen molar-refractivity contribution < 1.29 is 9.53 Å². The van der Waals surface area contributed by atoms with Gasteiger partial charge in [0.2, 0.25) is 5.91 Å². The van der Waals surface area contributed by atoms with E-state index in [9.17, 15) is 4.79 Å². The number of benzene rings is 2. The molecular formula is C18H20ClNO2. The van der Waals surface area contributed by atoms with Gasteiger partial charge in [0.05, 0.1) is 13.2 Å². The van der Waals surface area contributed by atoms with E-state index in [-0.39, 0.29) is 11.9 Å². The smallest absolute Gasteiger partial charge is 0.220 e. The molecule has 116 valence electrons. The molecular weight excluding hydrogens is 298 g/mol. The van der Waals surface area contributed by atoms with Crippen molar-refractivity contribution in [3.05, 3.63) is 64.7 Å². The van der Waals surface area contributed by atoms with Crippen LogP contribution in [0.2, 0.25) is 5.02 Å². The molecule has 0 heterocycles.